The molecule has 0 fully saturated rings. The molecule has 3 rings (SSSR count). The Balaban J connectivity index is 1.86. The lowest BCUT2D eigenvalue weighted by Crippen LogP contribution is -2.41. The molecule has 1 atom stereocenters. The van der Waals surface area contributed by atoms with Crippen molar-refractivity contribution in [3.05, 3.63) is 88.9 Å². The van der Waals surface area contributed by atoms with Crippen LogP contribution in [0.2, 0.25) is 5.02 Å². The fourth-order valence-corrected chi connectivity index (χ4v) is 4.98. The van der Waals surface area contributed by atoms with E-state index in [9.17, 15) is 13.2 Å². The van der Waals surface area contributed by atoms with Crippen molar-refractivity contribution in [3.8, 4) is 5.75 Å². The van der Waals surface area contributed by atoms with Crippen molar-refractivity contribution in [1.29, 1.82) is 0 Å². The van der Waals surface area contributed by atoms with Gasteiger partial charge < -0.3 is 10.1 Å². The molecule has 6 nitrogen and oxygen atoms in total. The van der Waals surface area contributed by atoms with E-state index in [0.717, 1.165) is 15.4 Å². The molecule has 0 aromatic heterocycles. The molecule has 1 amide bonds. The van der Waals surface area contributed by atoms with Crippen LogP contribution in [0.15, 0.2) is 77.7 Å². The molecule has 0 unspecified atom stereocenters. The van der Waals surface area contributed by atoms with Crippen molar-refractivity contribution in [3.63, 3.8) is 0 Å². The number of carbonyl (C=O) groups is 1. The van der Waals surface area contributed by atoms with E-state index in [1.54, 1.807) is 24.3 Å². The van der Waals surface area contributed by atoms with Gasteiger partial charge in [-0.25, -0.2) is 8.42 Å². The summed E-state index contributed by atoms with van der Waals surface area (Å²) in [6, 6.07) is 20.9. The van der Waals surface area contributed by atoms with Crippen LogP contribution in [0.4, 0.5) is 5.69 Å². The summed E-state index contributed by atoms with van der Waals surface area (Å²) in [5, 5.41) is 3.10. The molecule has 0 aliphatic carbocycles. The highest BCUT2D eigenvalue weighted by Crippen LogP contribution is 2.32. The lowest BCUT2D eigenvalue weighted by molar-refractivity contribution is -0.119. The number of rotatable bonds is 9. The number of nitrogens with zero attached hydrogens (tertiary/aromatic N) is 1. The number of carbonyl (C=O) groups excluding carboxylic acids is 1. The van der Waals surface area contributed by atoms with Crippen molar-refractivity contribution in [2.75, 3.05) is 24.5 Å². The van der Waals surface area contributed by atoms with Gasteiger partial charge in [0.2, 0.25) is 5.91 Å². The number of amides is 1. The molecule has 0 saturated carbocycles. The molecule has 3 aromatic carbocycles. The first-order valence-corrected chi connectivity index (χ1v) is 12.3. The maximum absolute atomic E-state index is 13.5. The third-order valence-corrected chi connectivity index (χ3v) is 7.38. The van der Waals surface area contributed by atoms with Gasteiger partial charge in [0.05, 0.1) is 22.7 Å². The Kier molecular flexibility index (Phi) is 8.00. The third-order valence-electron chi connectivity index (χ3n) is 5.29. The van der Waals surface area contributed by atoms with Crippen LogP contribution >= 0.6 is 11.6 Å². The molecule has 0 aliphatic heterocycles. The maximum Gasteiger partial charge on any atom is 0.264 e. The van der Waals surface area contributed by atoms with E-state index in [0.29, 0.717) is 12.3 Å². The van der Waals surface area contributed by atoms with E-state index >= 15 is 0 Å². The van der Waals surface area contributed by atoms with Gasteiger partial charge in [-0.15, -0.1) is 0 Å². The highest BCUT2D eigenvalue weighted by Gasteiger charge is 2.28. The van der Waals surface area contributed by atoms with Crippen molar-refractivity contribution >= 4 is 33.2 Å². The third kappa shape index (κ3) is 6.06. The lowest BCUT2D eigenvalue weighted by Gasteiger charge is -2.25. The minimum atomic E-state index is -4.02. The van der Waals surface area contributed by atoms with Crippen molar-refractivity contribution in [2.24, 2.45) is 0 Å². The predicted octanol–water partition coefficient (Wildman–Crippen LogP) is 4.77. The van der Waals surface area contributed by atoms with Gasteiger partial charge in [-0.2, -0.15) is 0 Å². The summed E-state index contributed by atoms with van der Waals surface area (Å²) in [5.41, 5.74) is 2.29. The molecule has 1 N–H and O–H groups in total. The summed E-state index contributed by atoms with van der Waals surface area (Å²) in [7, 11) is -2.54. The molecule has 3 aromatic rings. The molecule has 0 heterocycles. The highest BCUT2D eigenvalue weighted by atomic mass is 35.5. The van der Waals surface area contributed by atoms with E-state index < -0.39 is 15.9 Å². The zero-order valence-corrected chi connectivity index (χ0v) is 20.4. The summed E-state index contributed by atoms with van der Waals surface area (Å²) >= 11 is 6.25. The van der Waals surface area contributed by atoms with Crippen molar-refractivity contribution < 1.29 is 17.9 Å². The normalized spacial score (nSPS) is 12.1. The molecule has 174 valence electrons. The summed E-state index contributed by atoms with van der Waals surface area (Å²) < 4.78 is 33.2. The Labute approximate surface area is 200 Å². The van der Waals surface area contributed by atoms with E-state index in [1.165, 1.54) is 25.3 Å². The second-order valence-corrected chi connectivity index (χ2v) is 10.0. The molecule has 0 radical (unpaired) electrons. The number of benzene rings is 3. The number of methoxy groups -OCH3 is 1. The molecule has 33 heavy (non-hydrogen) atoms. The van der Waals surface area contributed by atoms with Gasteiger partial charge in [-0.05, 0) is 48.7 Å². The monoisotopic (exact) mass is 486 g/mol. The van der Waals surface area contributed by atoms with Crippen LogP contribution in [0, 0.1) is 6.92 Å². The first-order chi connectivity index (χ1) is 15.7. The quantitative estimate of drug-likeness (QED) is 0.472. The SMILES string of the molecule is COc1ccc(N(CC(=O)NC[C@H](C)c2ccccc2)S(=O)(=O)c2ccc(C)cc2)cc1Cl. The topological polar surface area (TPSA) is 75.7 Å². The van der Waals surface area contributed by atoms with Gasteiger partial charge >= 0.3 is 0 Å². The van der Waals surface area contributed by atoms with Gasteiger partial charge in [0.25, 0.3) is 10.0 Å². The predicted molar refractivity (Wildman–Crippen MR) is 132 cm³/mol. The molecular formula is C25H27ClN2O4S. The average Bonchev–Trinajstić information content (AvgIpc) is 2.81. The first-order valence-electron chi connectivity index (χ1n) is 10.5. The number of aryl methyl sites for hydroxylation is 1. The van der Waals surface area contributed by atoms with E-state index in [2.05, 4.69) is 5.32 Å². The van der Waals surface area contributed by atoms with Gasteiger partial charge in [-0.3, -0.25) is 9.10 Å². The van der Waals surface area contributed by atoms with Crippen LogP contribution in [-0.4, -0.2) is 34.5 Å². The number of hydrogen-bond donors (Lipinski definition) is 1. The van der Waals surface area contributed by atoms with Gasteiger partial charge in [-0.1, -0.05) is 66.6 Å². The van der Waals surface area contributed by atoms with Crippen LogP contribution in [-0.2, 0) is 14.8 Å². The fourth-order valence-electron chi connectivity index (χ4n) is 3.32. The second kappa shape index (κ2) is 10.7. The smallest absolute Gasteiger partial charge is 0.264 e. The van der Waals surface area contributed by atoms with Crippen LogP contribution in [0.3, 0.4) is 0 Å². The zero-order valence-electron chi connectivity index (χ0n) is 18.8. The average molecular weight is 487 g/mol. The fraction of sp³-hybridized carbons (Fsp3) is 0.240. The number of hydrogen-bond acceptors (Lipinski definition) is 4. The summed E-state index contributed by atoms with van der Waals surface area (Å²) in [6.45, 7) is 3.86. The molecular weight excluding hydrogens is 460 g/mol. The van der Waals surface area contributed by atoms with Crippen molar-refractivity contribution in [1.82, 2.24) is 5.32 Å². The second-order valence-electron chi connectivity index (χ2n) is 7.76. The molecule has 0 bridgehead atoms. The lowest BCUT2D eigenvalue weighted by atomic mass is 10.0. The first kappa shape index (κ1) is 24.6. The Bertz CT molecular complexity index is 1200. The van der Waals surface area contributed by atoms with Crippen molar-refractivity contribution in [2.45, 2.75) is 24.7 Å². The molecule has 8 heteroatoms. The summed E-state index contributed by atoms with van der Waals surface area (Å²) in [4.78, 5) is 12.9. The molecule has 0 saturated heterocycles. The maximum atomic E-state index is 13.5. The Morgan fingerprint density at radius 2 is 1.73 bits per heavy atom. The largest absolute Gasteiger partial charge is 0.495 e. The van der Waals surface area contributed by atoms with E-state index in [4.69, 9.17) is 16.3 Å². The highest BCUT2D eigenvalue weighted by molar-refractivity contribution is 7.92. The van der Waals surface area contributed by atoms with Crippen LogP contribution in [0.5, 0.6) is 5.75 Å². The summed E-state index contributed by atoms with van der Waals surface area (Å²) in [6.07, 6.45) is 0. The zero-order chi connectivity index (χ0) is 24.0. The van der Waals surface area contributed by atoms with Gasteiger partial charge in [0.15, 0.2) is 0 Å². The van der Waals surface area contributed by atoms with Gasteiger partial charge in [0, 0.05) is 6.54 Å². The van der Waals surface area contributed by atoms with E-state index in [1.807, 2.05) is 44.2 Å². The minimum absolute atomic E-state index is 0.0766. The van der Waals surface area contributed by atoms with Gasteiger partial charge in [0.1, 0.15) is 12.3 Å². The Morgan fingerprint density at radius 3 is 2.33 bits per heavy atom. The Hall–Kier alpha value is -3.03. The minimum Gasteiger partial charge on any atom is -0.495 e. The van der Waals surface area contributed by atoms with E-state index in [-0.39, 0.29) is 28.1 Å². The number of halogens is 1. The van der Waals surface area contributed by atoms with Crippen LogP contribution in [0.1, 0.15) is 24.0 Å². The number of nitrogens with one attached hydrogen (secondary N) is 1. The number of sulfonamides is 1. The molecule has 0 aliphatic rings. The standard InChI is InChI=1S/C25H27ClN2O4S/c1-18-9-12-22(13-10-18)33(30,31)28(21-11-14-24(32-3)23(26)15-21)17-25(29)27-16-19(2)20-7-5-4-6-8-20/h4-15,19H,16-17H2,1-3H3,(H,27,29)/t19-/m0/s1. The van der Waals surface area contributed by atoms with Crippen LogP contribution < -0.4 is 14.4 Å². The number of ether oxygens (including phenoxy) is 1. The number of anilines is 1. The molecule has 0 spiro atoms. The summed E-state index contributed by atoms with van der Waals surface area (Å²) in [5.74, 6) is 0.0717. The van der Waals surface area contributed by atoms with Crippen LogP contribution in [0.25, 0.3) is 0 Å². The Morgan fingerprint density at radius 1 is 1.06 bits per heavy atom.